The molecule has 1 heterocycles. The van der Waals surface area contributed by atoms with E-state index in [0.717, 1.165) is 25.9 Å². The fourth-order valence-corrected chi connectivity index (χ4v) is 4.74. The number of ether oxygens (including phenoxy) is 1. The summed E-state index contributed by atoms with van der Waals surface area (Å²) in [6, 6.07) is 0. The molecule has 1 aliphatic carbocycles. The van der Waals surface area contributed by atoms with Crippen LogP contribution in [-0.4, -0.2) is 43.2 Å². The lowest BCUT2D eigenvalue weighted by Crippen LogP contribution is -2.59. The highest BCUT2D eigenvalue weighted by atomic mass is 16.5. The minimum Gasteiger partial charge on any atom is -0.383 e. The number of methoxy groups -OCH3 is 1. The summed E-state index contributed by atoms with van der Waals surface area (Å²) < 4.78 is 5.24. The van der Waals surface area contributed by atoms with Gasteiger partial charge in [0, 0.05) is 13.7 Å². The minimum absolute atomic E-state index is 0.105. The van der Waals surface area contributed by atoms with E-state index < -0.39 is 0 Å². The van der Waals surface area contributed by atoms with Gasteiger partial charge in [-0.25, -0.2) is 0 Å². The van der Waals surface area contributed by atoms with Gasteiger partial charge in [-0.05, 0) is 30.1 Å². The van der Waals surface area contributed by atoms with E-state index in [1.54, 1.807) is 7.11 Å². The molecule has 1 saturated carbocycles. The van der Waals surface area contributed by atoms with Crippen LogP contribution in [-0.2, 0) is 4.74 Å². The van der Waals surface area contributed by atoms with E-state index in [2.05, 4.69) is 37.6 Å². The van der Waals surface area contributed by atoms with Gasteiger partial charge in [0.1, 0.15) is 0 Å². The highest BCUT2D eigenvalue weighted by Gasteiger charge is 2.52. The molecule has 1 fully saturated rings. The van der Waals surface area contributed by atoms with Crippen molar-refractivity contribution < 1.29 is 4.74 Å². The molecule has 0 atom stereocenters. The molecular weight excluding hydrogens is 238 g/mol. The van der Waals surface area contributed by atoms with Crippen molar-refractivity contribution in [2.45, 2.75) is 52.5 Å². The lowest BCUT2D eigenvalue weighted by Gasteiger charge is -2.54. The normalized spacial score (nSPS) is 27.6. The quantitative estimate of drug-likeness (QED) is 0.853. The highest BCUT2D eigenvalue weighted by Crippen LogP contribution is 2.53. The molecule has 0 saturated heterocycles. The van der Waals surface area contributed by atoms with E-state index in [1.807, 2.05) is 0 Å². The van der Waals surface area contributed by atoms with Gasteiger partial charge < -0.3 is 15.4 Å². The first-order valence-electron chi connectivity index (χ1n) is 7.26. The standard InChI is InChI=1S/C15H29N3O/c1-13(2)8-14(3,4)10-15(9-13)11-17-12(16)18(15)6-7-19-5/h6-11H2,1-5H3,(H2,16,17). The predicted molar refractivity (Wildman–Crippen MR) is 79.2 cm³/mol. The number of hydrogen-bond donors (Lipinski definition) is 1. The number of rotatable bonds is 3. The molecule has 0 aromatic carbocycles. The minimum atomic E-state index is 0.105. The second kappa shape index (κ2) is 4.65. The van der Waals surface area contributed by atoms with Crippen molar-refractivity contribution in [3.63, 3.8) is 0 Å². The Balaban J connectivity index is 2.25. The number of hydrogen-bond acceptors (Lipinski definition) is 4. The van der Waals surface area contributed by atoms with Crippen molar-refractivity contribution in [3.05, 3.63) is 0 Å². The van der Waals surface area contributed by atoms with Crippen molar-refractivity contribution in [1.29, 1.82) is 0 Å². The first-order valence-corrected chi connectivity index (χ1v) is 7.26. The Kier molecular flexibility index (Phi) is 3.58. The molecule has 2 rings (SSSR count). The van der Waals surface area contributed by atoms with Crippen LogP contribution in [0.5, 0.6) is 0 Å². The van der Waals surface area contributed by atoms with Gasteiger partial charge in [-0.2, -0.15) is 0 Å². The largest absolute Gasteiger partial charge is 0.383 e. The number of guanidine groups is 1. The third-order valence-corrected chi connectivity index (χ3v) is 4.48. The molecule has 19 heavy (non-hydrogen) atoms. The van der Waals surface area contributed by atoms with E-state index in [0.29, 0.717) is 23.4 Å². The third kappa shape index (κ3) is 2.88. The average Bonchev–Trinajstić information content (AvgIpc) is 2.48. The van der Waals surface area contributed by atoms with Crippen LogP contribution < -0.4 is 5.73 Å². The summed E-state index contributed by atoms with van der Waals surface area (Å²) in [5.74, 6) is 0.700. The molecular formula is C15H29N3O. The molecule has 2 N–H and O–H groups in total. The molecule has 4 nitrogen and oxygen atoms in total. The van der Waals surface area contributed by atoms with Crippen LogP contribution in [0.25, 0.3) is 0 Å². The molecule has 4 heteroatoms. The molecule has 0 unspecified atom stereocenters. The Morgan fingerprint density at radius 2 is 1.74 bits per heavy atom. The SMILES string of the molecule is COCCN1C(N)=NCC12CC(C)(C)CC(C)(C)C2. The van der Waals surface area contributed by atoms with Crippen molar-refractivity contribution >= 4 is 5.96 Å². The van der Waals surface area contributed by atoms with Crippen molar-refractivity contribution in [3.8, 4) is 0 Å². The van der Waals surface area contributed by atoms with Gasteiger partial charge in [0.15, 0.2) is 5.96 Å². The van der Waals surface area contributed by atoms with E-state index in [4.69, 9.17) is 10.5 Å². The van der Waals surface area contributed by atoms with Crippen molar-refractivity contribution in [2.24, 2.45) is 21.6 Å². The van der Waals surface area contributed by atoms with E-state index in [9.17, 15) is 0 Å². The highest BCUT2D eigenvalue weighted by molar-refractivity contribution is 5.81. The lowest BCUT2D eigenvalue weighted by atomic mass is 9.58. The fourth-order valence-electron chi connectivity index (χ4n) is 4.74. The molecule has 0 radical (unpaired) electrons. The summed E-state index contributed by atoms with van der Waals surface area (Å²) in [7, 11) is 1.74. The Morgan fingerprint density at radius 1 is 1.16 bits per heavy atom. The third-order valence-electron chi connectivity index (χ3n) is 4.48. The molecule has 2 aliphatic rings. The van der Waals surface area contributed by atoms with E-state index in [-0.39, 0.29) is 5.54 Å². The van der Waals surface area contributed by atoms with Gasteiger partial charge >= 0.3 is 0 Å². The van der Waals surface area contributed by atoms with Crippen LogP contribution in [0.1, 0.15) is 47.0 Å². The average molecular weight is 267 g/mol. The maximum Gasteiger partial charge on any atom is 0.191 e. The first kappa shape index (κ1) is 14.6. The number of nitrogens with zero attached hydrogens (tertiary/aromatic N) is 2. The zero-order valence-electron chi connectivity index (χ0n) is 13.1. The van der Waals surface area contributed by atoms with Crippen LogP contribution >= 0.6 is 0 Å². The smallest absolute Gasteiger partial charge is 0.191 e. The molecule has 0 bridgehead atoms. The molecule has 1 aliphatic heterocycles. The monoisotopic (exact) mass is 267 g/mol. The molecule has 0 aromatic rings. The van der Waals surface area contributed by atoms with Crippen LogP contribution in [0, 0.1) is 10.8 Å². The Bertz CT molecular complexity index is 358. The van der Waals surface area contributed by atoms with Gasteiger partial charge in [-0.3, -0.25) is 4.99 Å². The van der Waals surface area contributed by atoms with Gasteiger partial charge in [0.2, 0.25) is 0 Å². The Morgan fingerprint density at radius 3 is 2.26 bits per heavy atom. The summed E-state index contributed by atoms with van der Waals surface area (Å²) in [5, 5.41) is 0. The maximum absolute atomic E-state index is 6.12. The van der Waals surface area contributed by atoms with Crippen molar-refractivity contribution in [2.75, 3.05) is 26.8 Å². The van der Waals surface area contributed by atoms with Gasteiger partial charge in [0.25, 0.3) is 0 Å². The van der Waals surface area contributed by atoms with Crippen LogP contribution in [0.2, 0.25) is 0 Å². The first-order chi connectivity index (χ1) is 8.70. The lowest BCUT2D eigenvalue weighted by molar-refractivity contribution is -0.0111. The Labute approximate surface area is 117 Å². The zero-order valence-corrected chi connectivity index (χ0v) is 13.1. The second-order valence-corrected chi connectivity index (χ2v) is 7.90. The molecule has 0 amide bonds. The summed E-state index contributed by atoms with van der Waals surface area (Å²) in [6.45, 7) is 11.9. The van der Waals surface area contributed by atoms with Crippen molar-refractivity contribution in [1.82, 2.24) is 4.90 Å². The summed E-state index contributed by atoms with van der Waals surface area (Å²) in [4.78, 5) is 6.85. The fraction of sp³-hybridized carbons (Fsp3) is 0.933. The topological polar surface area (TPSA) is 50.9 Å². The van der Waals surface area contributed by atoms with Crippen LogP contribution in [0.3, 0.4) is 0 Å². The van der Waals surface area contributed by atoms with Crippen LogP contribution in [0.15, 0.2) is 4.99 Å². The van der Waals surface area contributed by atoms with Crippen LogP contribution in [0.4, 0.5) is 0 Å². The number of aliphatic imine (C=N–C) groups is 1. The van der Waals surface area contributed by atoms with Gasteiger partial charge in [-0.15, -0.1) is 0 Å². The predicted octanol–water partition coefficient (Wildman–Crippen LogP) is 2.24. The molecule has 1 spiro atoms. The second-order valence-electron chi connectivity index (χ2n) is 7.90. The zero-order chi connectivity index (χ0) is 14.3. The Hall–Kier alpha value is -0.770. The molecule has 0 aromatic heterocycles. The van der Waals surface area contributed by atoms with Gasteiger partial charge in [0.05, 0.1) is 18.7 Å². The summed E-state index contributed by atoms with van der Waals surface area (Å²) in [6.07, 6.45) is 3.59. The van der Waals surface area contributed by atoms with Gasteiger partial charge in [-0.1, -0.05) is 27.7 Å². The summed E-state index contributed by atoms with van der Waals surface area (Å²) >= 11 is 0. The summed E-state index contributed by atoms with van der Waals surface area (Å²) in [5.41, 5.74) is 6.91. The molecule has 110 valence electrons. The number of nitrogens with two attached hydrogens (primary N) is 1. The van der Waals surface area contributed by atoms with E-state index >= 15 is 0 Å². The van der Waals surface area contributed by atoms with E-state index in [1.165, 1.54) is 6.42 Å². The maximum atomic E-state index is 6.12.